The highest BCUT2D eigenvalue weighted by atomic mass is 19.3. The Hall–Kier alpha value is -1.14. The summed E-state index contributed by atoms with van der Waals surface area (Å²) in [6.07, 6.45) is -2.00. The number of nitrogens with one attached hydrogen (secondary N) is 1. The van der Waals surface area contributed by atoms with Gasteiger partial charge in [0.05, 0.1) is 6.54 Å². The zero-order valence-electron chi connectivity index (χ0n) is 11.7. The fraction of sp³-hybridized carbons (Fsp3) is 0.600. The third-order valence-corrected chi connectivity index (χ3v) is 3.70. The number of likely N-dealkylation sites (tertiary alicyclic amines) is 1. The Morgan fingerprint density at radius 2 is 1.95 bits per heavy atom. The summed E-state index contributed by atoms with van der Waals surface area (Å²) in [5.74, 6) is -3.96. The van der Waals surface area contributed by atoms with Gasteiger partial charge in [0.2, 0.25) is 0 Å². The van der Waals surface area contributed by atoms with Gasteiger partial charge in [-0.3, -0.25) is 4.90 Å². The van der Waals surface area contributed by atoms with Crippen molar-refractivity contribution in [2.24, 2.45) is 0 Å². The Bertz CT molecular complexity index is 425. The van der Waals surface area contributed by atoms with Gasteiger partial charge in [0.1, 0.15) is 0 Å². The van der Waals surface area contributed by atoms with Crippen molar-refractivity contribution in [3.63, 3.8) is 0 Å². The molecule has 1 aliphatic rings. The molecule has 1 aliphatic heterocycles. The van der Waals surface area contributed by atoms with Crippen LogP contribution in [-0.4, -0.2) is 42.9 Å². The molecule has 0 radical (unpaired) electrons. The van der Waals surface area contributed by atoms with Crippen LogP contribution in [0.25, 0.3) is 0 Å². The van der Waals surface area contributed by atoms with Crippen molar-refractivity contribution >= 4 is 0 Å². The summed E-state index contributed by atoms with van der Waals surface area (Å²) in [6.45, 7) is 1.30. The molecule has 1 fully saturated rings. The SMILES string of the molecule is FC(F)C(F)(F)CNC1CCCN(Cc2ccccc2)C1. The van der Waals surface area contributed by atoms with E-state index in [0.29, 0.717) is 6.54 Å². The smallest absolute Gasteiger partial charge is 0.307 e. The molecule has 0 aromatic heterocycles. The maximum absolute atomic E-state index is 12.9. The van der Waals surface area contributed by atoms with E-state index in [-0.39, 0.29) is 6.04 Å². The molecule has 1 saturated heterocycles. The van der Waals surface area contributed by atoms with Gasteiger partial charge < -0.3 is 5.32 Å². The highest BCUT2D eigenvalue weighted by Gasteiger charge is 2.40. The maximum Gasteiger partial charge on any atom is 0.319 e. The topological polar surface area (TPSA) is 15.3 Å². The van der Waals surface area contributed by atoms with Gasteiger partial charge in [-0.15, -0.1) is 0 Å². The predicted octanol–water partition coefficient (Wildman–Crippen LogP) is 3.14. The normalized spacial score (nSPS) is 20.9. The van der Waals surface area contributed by atoms with Crippen LogP contribution in [0.4, 0.5) is 17.6 Å². The second-order valence-electron chi connectivity index (χ2n) is 5.50. The molecule has 2 nitrogen and oxygen atoms in total. The number of rotatable bonds is 6. The Labute approximate surface area is 122 Å². The van der Waals surface area contributed by atoms with Crippen molar-refractivity contribution in [2.75, 3.05) is 19.6 Å². The third-order valence-electron chi connectivity index (χ3n) is 3.70. The first-order chi connectivity index (χ1) is 9.97. The van der Waals surface area contributed by atoms with Crippen LogP contribution >= 0.6 is 0 Å². The number of hydrogen-bond acceptors (Lipinski definition) is 2. The second kappa shape index (κ2) is 7.22. The van der Waals surface area contributed by atoms with Gasteiger partial charge >= 0.3 is 12.3 Å². The van der Waals surface area contributed by atoms with Crippen LogP contribution in [-0.2, 0) is 6.54 Å². The molecule has 21 heavy (non-hydrogen) atoms. The van der Waals surface area contributed by atoms with E-state index < -0.39 is 18.9 Å². The van der Waals surface area contributed by atoms with Crippen LogP contribution in [0.1, 0.15) is 18.4 Å². The maximum atomic E-state index is 12.9. The first kappa shape index (κ1) is 16.2. The summed E-state index contributed by atoms with van der Waals surface area (Å²) in [4.78, 5) is 2.16. The molecule has 0 aliphatic carbocycles. The summed E-state index contributed by atoms with van der Waals surface area (Å²) >= 11 is 0. The molecule has 118 valence electrons. The quantitative estimate of drug-likeness (QED) is 0.812. The summed E-state index contributed by atoms with van der Waals surface area (Å²) in [6, 6.07) is 9.73. The molecule has 2 rings (SSSR count). The van der Waals surface area contributed by atoms with Gasteiger partial charge in [0, 0.05) is 19.1 Å². The number of alkyl halides is 4. The van der Waals surface area contributed by atoms with Crippen LogP contribution in [0.15, 0.2) is 30.3 Å². The lowest BCUT2D eigenvalue weighted by Crippen LogP contribution is -2.50. The minimum absolute atomic E-state index is 0.160. The summed E-state index contributed by atoms with van der Waals surface area (Å²) in [7, 11) is 0. The van der Waals surface area contributed by atoms with Crippen LogP contribution < -0.4 is 5.32 Å². The molecular formula is C15H20F4N2. The zero-order valence-corrected chi connectivity index (χ0v) is 11.7. The Balaban J connectivity index is 1.81. The van der Waals surface area contributed by atoms with Crippen molar-refractivity contribution < 1.29 is 17.6 Å². The first-order valence-electron chi connectivity index (χ1n) is 7.13. The summed E-state index contributed by atoms with van der Waals surface area (Å²) in [5.41, 5.74) is 1.16. The number of piperidine rings is 1. The standard InChI is InChI=1S/C15H20F4N2/c16-14(17)15(18,19)11-20-13-7-4-8-21(10-13)9-12-5-2-1-3-6-12/h1-3,5-6,13-14,20H,4,7-11H2. The molecule has 1 aromatic carbocycles. The van der Waals surface area contributed by atoms with Crippen molar-refractivity contribution in [1.82, 2.24) is 10.2 Å². The number of nitrogens with zero attached hydrogens (tertiary/aromatic N) is 1. The van der Waals surface area contributed by atoms with Crippen LogP contribution in [0, 0.1) is 0 Å². The first-order valence-corrected chi connectivity index (χ1v) is 7.13. The molecule has 1 N–H and O–H groups in total. The second-order valence-corrected chi connectivity index (χ2v) is 5.50. The minimum atomic E-state index is -3.96. The van der Waals surface area contributed by atoms with Crippen LogP contribution in [0.3, 0.4) is 0 Å². The van der Waals surface area contributed by atoms with Gasteiger partial charge in [-0.25, -0.2) is 8.78 Å². The molecule has 1 heterocycles. The Morgan fingerprint density at radius 3 is 2.62 bits per heavy atom. The van der Waals surface area contributed by atoms with E-state index in [2.05, 4.69) is 10.2 Å². The van der Waals surface area contributed by atoms with Crippen molar-refractivity contribution in [2.45, 2.75) is 37.8 Å². The number of halogens is 4. The lowest BCUT2D eigenvalue weighted by atomic mass is 10.0. The van der Waals surface area contributed by atoms with Crippen molar-refractivity contribution in [3.05, 3.63) is 35.9 Å². The zero-order chi connectivity index (χ0) is 15.3. The lowest BCUT2D eigenvalue weighted by Gasteiger charge is -2.34. The number of benzene rings is 1. The fourth-order valence-electron chi connectivity index (χ4n) is 2.56. The van der Waals surface area contributed by atoms with Gasteiger partial charge in [0.15, 0.2) is 0 Å². The molecule has 0 saturated carbocycles. The van der Waals surface area contributed by atoms with E-state index in [1.165, 1.54) is 0 Å². The molecule has 0 amide bonds. The van der Waals surface area contributed by atoms with E-state index >= 15 is 0 Å². The molecule has 0 spiro atoms. The largest absolute Gasteiger partial charge is 0.319 e. The summed E-state index contributed by atoms with van der Waals surface area (Å²) in [5, 5.41) is 2.59. The van der Waals surface area contributed by atoms with Gasteiger partial charge in [0.25, 0.3) is 0 Å². The van der Waals surface area contributed by atoms with Crippen molar-refractivity contribution in [1.29, 1.82) is 0 Å². The highest BCUT2D eigenvalue weighted by Crippen LogP contribution is 2.22. The molecule has 1 unspecified atom stereocenters. The van der Waals surface area contributed by atoms with Crippen LogP contribution in [0.2, 0.25) is 0 Å². The lowest BCUT2D eigenvalue weighted by molar-refractivity contribution is -0.126. The van der Waals surface area contributed by atoms with E-state index in [0.717, 1.165) is 31.5 Å². The van der Waals surface area contributed by atoms with Crippen molar-refractivity contribution in [3.8, 4) is 0 Å². The van der Waals surface area contributed by atoms with Gasteiger partial charge in [-0.2, -0.15) is 8.78 Å². The molecule has 6 heteroatoms. The molecular weight excluding hydrogens is 284 g/mol. The predicted molar refractivity (Wildman–Crippen MR) is 73.7 cm³/mol. The van der Waals surface area contributed by atoms with Gasteiger partial charge in [-0.05, 0) is 24.9 Å². The molecule has 1 aromatic rings. The number of hydrogen-bond donors (Lipinski definition) is 1. The van der Waals surface area contributed by atoms with E-state index in [1.807, 2.05) is 30.3 Å². The van der Waals surface area contributed by atoms with Gasteiger partial charge in [-0.1, -0.05) is 30.3 Å². The minimum Gasteiger partial charge on any atom is -0.307 e. The monoisotopic (exact) mass is 304 g/mol. The average Bonchev–Trinajstić information content (AvgIpc) is 2.47. The van der Waals surface area contributed by atoms with E-state index in [4.69, 9.17) is 0 Å². The molecule has 0 bridgehead atoms. The van der Waals surface area contributed by atoms with E-state index in [1.54, 1.807) is 0 Å². The fourth-order valence-corrected chi connectivity index (χ4v) is 2.56. The van der Waals surface area contributed by atoms with E-state index in [9.17, 15) is 17.6 Å². The third kappa shape index (κ3) is 4.97. The average molecular weight is 304 g/mol. The Morgan fingerprint density at radius 1 is 1.24 bits per heavy atom. The van der Waals surface area contributed by atoms with Crippen LogP contribution in [0.5, 0.6) is 0 Å². The summed E-state index contributed by atoms with van der Waals surface area (Å²) < 4.78 is 50.1. The highest BCUT2D eigenvalue weighted by molar-refractivity contribution is 5.14. The Kier molecular flexibility index (Phi) is 5.58. The molecule has 1 atom stereocenters.